The van der Waals surface area contributed by atoms with Crippen molar-refractivity contribution >= 4 is 17.9 Å². The maximum absolute atomic E-state index is 13.4. The Hall–Kier alpha value is -2.41. The van der Waals surface area contributed by atoms with Gasteiger partial charge in [0.15, 0.2) is 5.78 Å². The molecule has 1 heteroatoms. The van der Waals surface area contributed by atoms with E-state index in [1.807, 2.05) is 36.4 Å². The molecule has 0 aliphatic heterocycles. The zero-order valence-corrected chi connectivity index (χ0v) is 16.2. The first kappa shape index (κ1) is 19.4. The van der Waals surface area contributed by atoms with Crippen LogP contribution in [0.4, 0.5) is 0 Å². The summed E-state index contributed by atoms with van der Waals surface area (Å²) in [7, 11) is 0. The minimum Gasteiger partial charge on any atom is -0.289 e. The lowest BCUT2D eigenvalue weighted by molar-refractivity contribution is -0.112. The summed E-state index contributed by atoms with van der Waals surface area (Å²) in [5.74, 6) is 0.239. The van der Waals surface area contributed by atoms with Crippen LogP contribution in [-0.2, 0) is 4.79 Å². The molecule has 1 aliphatic carbocycles. The topological polar surface area (TPSA) is 17.1 Å². The molecule has 0 atom stereocenters. The van der Waals surface area contributed by atoms with Crippen LogP contribution in [0.1, 0.15) is 68.9 Å². The van der Waals surface area contributed by atoms with Gasteiger partial charge < -0.3 is 0 Å². The Morgan fingerprint density at radius 3 is 1.30 bits per heavy atom. The molecule has 0 saturated heterocycles. The zero-order chi connectivity index (χ0) is 18.7. The molecule has 1 saturated carbocycles. The second-order valence-corrected chi connectivity index (χ2v) is 7.46. The number of ketones is 1. The highest BCUT2D eigenvalue weighted by Gasteiger charge is 2.16. The highest BCUT2D eigenvalue weighted by Crippen LogP contribution is 2.25. The number of hydrogen-bond acceptors (Lipinski definition) is 1. The zero-order valence-electron chi connectivity index (χ0n) is 16.2. The Bertz CT molecular complexity index is 703. The third kappa shape index (κ3) is 6.36. The lowest BCUT2D eigenvalue weighted by atomic mass is 9.91. The molecule has 0 unspecified atom stereocenters. The van der Waals surface area contributed by atoms with E-state index in [0.29, 0.717) is 0 Å². The first-order chi connectivity index (χ1) is 13.3. The number of benzene rings is 2. The molecule has 0 radical (unpaired) electrons. The van der Waals surface area contributed by atoms with Gasteiger partial charge in [0.1, 0.15) is 0 Å². The van der Waals surface area contributed by atoms with E-state index in [4.69, 9.17) is 0 Å². The molecule has 0 bridgehead atoms. The van der Waals surface area contributed by atoms with Crippen LogP contribution in [0.5, 0.6) is 0 Å². The van der Waals surface area contributed by atoms with Crippen LogP contribution < -0.4 is 0 Å². The third-order valence-electron chi connectivity index (χ3n) is 5.26. The van der Waals surface area contributed by atoms with Gasteiger partial charge in [-0.2, -0.15) is 0 Å². The van der Waals surface area contributed by atoms with E-state index in [-0.39, 0.29) is 5.78 Å². The third-order valence-corrected chi connectivity index (χ3v) is 5.26. The lowest BCUT2D eigenvalue weighted by Gasteiger charge is -2.13. The minimum atomic E-state index is 0.239. The van der Waals surface area contributed by atoms with E-state index >= 15 is 0 Å². The fraction of sp³-hybridized carbons (Fsp3) is 0.346. The Morgan fingerprint density at radius 2 is 0.889 bits per heavy atom. The summed E-state index contributed by atoms with van der Waals surface area (Å²) >= 11 is 0. The van der Waals surface area contributed by atoms with Crippen LogP contribution in [0, 0.1) is 0 Å². The van der Waals surface area contributed by atoms with Crippen molar-refractivity contribution in [3.8, 4) is 0 Å². The molecule has 1 nitrogen and oxygen atoms in total. The molecule has 0 N–H and O–H groups in total. The summed E-state index contributed by atoms with van der Waals surface area (Å²) in [4.78, 5) is 13.4. The number of carbonyl (C=O) groups is 1. The molecule has 1 fully saturated rings. The van der Waals surface area contributed by atoms with Gasteiger partial charge in [0.05, 0.1) is 0 Å². The van der Waals surface area contributed by atoms with Gasteiger partial charge in [-0.05, 0) is 49.0 Å². The minimum absolute atomic E-state index is 0.239. The van der Waals surface area contributed by atoms with Crippen LogP contribution in [0.15, 0.2) is 71.8 Å². The summed E-state index contributed by atoms with van der Waals surface area (Å²) in [5, 5.41) is 0. The van der Waals surface area contributed by atoms with Crippen LogP contribution >= 0.6 is 0 Å². The molecule has 2 aromatic carbocycles. The quantitative estimate of drug-likeness (QED) is 0.517. The maximum atomic E-state index is 13.4. The van der Waals surface area contributed by atoms with Gasteiger partial charge in [0.25, 0.3) is 0 Å². The molecule has 0 amide bonds. The van der Waals surface area contributed by atoms with Crippen molar-refractivity contribution in [2.24, 2.45) is 0 Å². The summed E-state index contributed by atoms with van der Waals surface area (Å²) in [6.45, 7) is 0. The summed E-state index contributed by atoms with van der Waals surface area (Å²) < 4.78 is 0. The molecule has 0 aromatic heterocycles. The van der Waals surface area contributed by atoms with Crippen LogP contribution in [0.2, 0.25) is 0 Å². The molecule has 140 valence electrons. The van der Waals surface area contributed by atoms with Crippen LogP contribution in [-0.4, -0.2) is 5.78 Å². The molecular formula is C26H30O. The molecule has 0 spiro atoms. The number of rotatable bonds is 2. The van der Waals surface area contributed by atoms with Gasteiger partial charge in [-0.3, -0.25) is 4.79 Å². The smallest absolute Gasteiger partial charge is 0.185 e. The van der Waals surface area contributed by atoms with Gasteiger partial charge in [0, 0.05) is 11.1 Å². The molecular weight excluding hydrogens is 328 g/mol. The first-order valence-corrected chi connectivity index (χ1v) is 10.4. The van der Waals surface area contributed by atoms with Gasteiger partial charge in [-0.25, -0.2) is 0 Å². The molecule has 0 heterocycles. The number of carbonyl (C=O) groups excluding carboxylic acids is 1. The monoisotopic (exact) mass is 358 g/mol. The average molecular weight is 359 g/mol. The Balaban J connectivity index is 1.91. The highest BCUT2D eigenvalue weighted by molar-refractivity contribution is 6.13. The Kier molecular flexibility index (Phi) is 7.65. The highest BCUT2D eigenvalue weighted by atomic mass is 16.1. The van der Waals surface area contributed by atoms with Crippen molar-refractivity contribution < 1.29 is 4.79 Å². The van der Waals surface area contributed by atoms with Crippen molar-refractivity contribution in [2.45, 2.75) is 57.8 Å². The standard InChI is InChI=1S/C26H30O/c27-26-24(20-22-14-8-6-9-15-22)18-12-4-2-1-3-5-13-19-25(26)21-23-16-10-7-11-17-23/h6-11,14-17,20-21H,1-5,12-13,18-19H2/b24-20+,25-21+. The normalized spacial score (nSPS) is 20.2. The van der Waals surface area contributed by atoms with Crippen molar-refractivity contribution in [1.29, 1.82) is 0 Å². The Labute approximate surface area is 163 Å². The second kappa shape index (κ2) is 10.7. The van der Waals surface area contributed by atoms with Crippen molar-refractivity contribution in [3.05, 3.63) is 82.9 Å². The van der Waals surface area contributed by atoms with E-state index in [1.165, 1.54) is 32.1 Å². The van der Waals surface area contributed by atoms with Crippen molar-refractivity contribution in [1.82, 2.24) is 0 Å². The van der Waals surface area contributed by atoms with Crippen LogP contribution in [0.25, 0.3) is 12.2 Å². The van der Waals surface area contributed by atoms with E-state index in [9.17, 15) is 4.79 Å². The molecule has 1 aliphatic rings. The number of Topliss-reactive ketones (excluding diaryl/α,β-unsaturated/α-hetero) is 1. The molecule has 27 heavy (non-hydrogen) atoms. The van der Waals surface area contributed by atoms with E-state index in [0.717, 1.165) is 48.0 Å². The fourth-order valence-electron chi connectivity index (χ4n) is 3.72. The van der Waals surface area contributed by atoms with Crippen molar-refractivity contribution in [2.75, 3.05) is 0 Å². The van der Waals surface area contributed by atoms with Gasteiger partial charge in [-0.15, -0.1) is 0 Å². The van der Waals surface area contributed by atoms with E-state index in [2.05, 4.69) is 36.4 Å². The average Bonchev–Trinajstić information content (AvgIpc) is 2.71. The summed E-state index contributed by atoms with van der Waals surface area (Å²) in [5.41, 5.74) is 4.16. The van der Waals surface area contributed by atoms with Crippen molar-refractivity contribution in [3.63, 3.8) is 0 Å². The van der Waals surface area contributed by atoms with Crippen LogP contribution in [0.3, 0.4) is 0 Å². The lowest BCUT2D eigenvalue weighted by Crippen LogP contribution is -2.08. The first-order valence-electron chi connectivity index (χ1n) is 10.4. The number of hydrogen-bond donors (Lipinski definition) is 0. The van der Waals surface area contributed by atoms with Gasteiger partial charge >= 0.3 is 0 Å². The Morgan fingerprint density at radius 1 is 0.519 bits per heavy atom. The number of allylic oxidation sites excluding steroid dienone is 2. The molecule has 2 aromatic rings. The predicted octanol–water partition coefficient (Wildman–Crippen LogP) is 7.25. The van der Waals surface area contributed by atoms with Gasteiger partial charge in [0.2, 0.25) is 0 Å². The summed E-state index contributed by atoms with van der Waals surface area (Å²) in [6, 6.07) is 20.5. The maximum Gasteiger partial charge on any atom is 0.185 e. The summed E-state index contributed by atoms with van der Waals surface area (Å²) in [6.07, 6.45) is 14.5. The fourth-order valence-corrected chi connectivity index (χ4v) is 3.72. The molecule has 3 rings (SSSR count). The van der Waals surface area contributed by atoms with Gasteiger partial charge in [-0.1, -0.05) is 92.8 Å². The predicted molar refractivity (Wildman–Crippen MR) is 115 cm³/mol. The largest absolute Gasteiger partial charge is 0.289 e. The second-order valence-electron chi connectivity index (χ2n) is 7.46. The van der Waals surface area contributed by atoms with E-state index < -0.39 is 0 Å². The van der Waals surface area contributed by atoms with E-state index in [1.54, 1.807) is 0 Å². The SMILES string of the molecule is O=C1/C(=C/c2ccccc2)CCCCCCCCC/C1=C\c1ccccc1.